The number of nitrogens with one attached hydrogen (secondary N) is 2. The second kappa shape index (κ2) is 8.21. The summed E-state index contributed by atoms with van der Waals surface area (Å²) in [6, 6.07) is 8.51. The molecule has 4 rings (SSSR count). The van der Waals surface area contributed by atoms with Crippen LogP contribution in [-0.4, -0.2) is 28.8 Å². The first-order valence-electron chi connectivity index (χ1n) is 10.0. The summed E-state index contributed by atoms with van der Waals surface area (Å²) in [5, 5.41) is 10.9. The Hall–Kier alpha value is -2.21. The predicted octanol–water partition coefficient (Wildman–Crippen LogP) is 3.61. The monoisotopic (exact) mass is 370 g/mol. The molecule has 1 saturated carbocycles. The average molecular weight is 370 g/mol. The van der Waals surface area contributed by atoms with E-state index >= 15 is 0 Å². The molecule has 2 N–H and O–H groups in total. The maximum absolute atomic E-state index is 14.4. The van der Waals surface area contributed by atoms with Gasteiger partial charge >= 0.3 is 0 Å². The Morgan fingerprint density at radius 2 is 2.00 bits per heavy atom. The van der Waals surface area contributed by atoms with Gasteiger partial charge in [0, 0.05) is 18.3 Å². The van der Waals surface area contributed by atoms with Gasteiger partial charge in [-0.2, -0.15) is 5.10 Å². The minimum absolute atomic E-state index is 0.224. The highest BCUT2D eigenvalue weighted by molar-refractivity contribution is 5.92. The molecule has 6 heteroatoms. The molecule has 2 aromatic rings. The third-order valence-corrected chi connectivity index (χ3v) is 5.88. The topological polar surface area (TPSA) is 59.0 Å². The molecule has 2 heterocycles. The number of rotatable bonds is 5. The summed E-state index contributed by atoms with van der Waals surface area (Å²) in [5.41, 5.74) is 0.980. The van der Waals surface area contributed by atoms with Crippen molar-refractivity contribution in [2.45, 2.75) is 50.6 Å². The van der Waals surface area contributed by atoms with Crippen LogP contribution in [0.3, 0.4) is 0 Å². The summed E-state index contributed by atoms with van der Waals surface area (Å²) in [4.78, 5) is 12.9. The molecule has 2 aliphatic rings. The molecule has 2 atom stereocenters. The first kappa shape index (κ1) is 18.2. The number of hydrogen-bond donors (Lipinski definition) is 2. The van der Waals surface area contributed by atoms with Crippen molar-refractivity contribution in [3.63, 3.8) is 0 Å². The third kappa shape index (κ3) is 4.05. The summed E-state index contributed by atoms with van der Waals surface area (Å²) in [6.45, 7) is 1.92. The summed E-state index contributed by atoms with van der Waals surface area (Å²) < 4.78 is 16.3. The lowest BCUT2D eigenvalue weighted by molar-refractivity contribution is 0.0914. The van der Waals surface area contributed by atoms with Crippen LogP contribution in [0.15, 0.2) is 36.5 Å². The number of carbonyl (C=O) groups excluding carboxylic acids is 1. The van der Waals surface area contributed by atoms with Gasteiger partial charge in [0.15, 0.2) is 0 Å². The van der Waals surface area contributed by atoms with E-state index in [-0.39, 0.29) is 29.7 Å². The van der Waals surface area contributed by atoms with E-state index in [9.17, 15) is 9.18 Å². The van der Waals surface area contributed by atoms with E-state index in [2.05, 4.69) is 15.7 Å². The van der Waals surface area contributed by atoms with Crippen LogP contribution < -0.4 is 10.6 Å². The van der Waals surface area contributed by atoms with Gasteiger partial charge in [0.05, 0.1) is 12.1 Å². The van der Waals surface area contributed by atoms with Crippen LogP contribution in [0.5, 0.6) is 0 Å². The molecular weight excluding hydrogens is 343 g/mol. The van der Waals surface area contributed by atoms with Gasteiger partial charge in [-0.15, -0.1) is 0 Å². The van der Waals surface area contributed by atoms with Crippen LogP contribution in [-0.2, 0) is 0 Å². The Bertz CT molecular complexity index is 778. The highest BCUT2D eigenvalue weighted by Gasteiger charge is 2.30. The summed E-state index contributed by atoms with van der Waals surface area (Å²) in [6.07, 6.45) is 8.35. The lowest BCUT2D eigenvalue weighted by Crippen LogP contribution is -2.34. The number of carbonyl (C=O) groups is 1. The SMILES string of the molecule is O=C(NC(c1ccccc1F)C1CCCC1)c1ccn(C2CCCNC2)n1. The van der Waals surface area contributed by atoms with Crippen molar-refractivity contribution in [3.05, 3.63) is 53.6 Å². The van der Waals surface area contributed by atoms with E-state index in [1.54, 1.807) is 18.2 Å². The number of piperidine rings is 1. The van der Waals surface area contributed by atoms with Gasteiger partial charge in [-0.25, -0.2) is 4.39 Å². The van der Waals surface area contributed by atoms with Crippen molar-refractivity contribution >= 4 is 5.91 Å². The zero-order chi connectivity index (χ0) is 18.6. The van der Waals surface area contributed by atoms with E-state index in [0.717, 1.165) is 51.6 Å². The van der Waals surface area contributed by atoms with Crippen LogP contribution in [0.1, 0.15) is 66.7 Å². The highest BCUT2D eigenvalue weighted by Crippen LogP contribution is 2.36. The molecule has 1 amide bonds. The van der Waals surface area contributed by atoms with E-state index in [1.165, 1.54) is 6.07 Å². The van der Waals surface area contributed by atoms with Gasteiger partial charge in [0.25, 0.3) is 5.91 Å². The maximum atomic E-state index is 14.4. The molecule has 1 aromatic heterocycles. The zero-order valence-electron chi connectivity index (χ0n) is 15.5. The second-order valence-electron chi connectivity index (χ2n) is 7.70. The van der Waals surface area contributed by atoms with Crippen LogP contribution in [0.4, 0.5) is 4.39 Å². The van der Waals surface area contributed by atoms with Gasteiger partial charge in [0.1, 0.15) is 11.5 Å². The Balaban J connectivity index is 1.51. The Labute approximate surface area is 159 Å². The molecule has 5 nitrogen and oxygen atoms in total. The van der Waals surface area contributed by atoms with Gasteiger partial charge in [-0.05, 0) is 50.3 Å². The molecule has 27 heavy (non-hydrogen) atoms. The Kier molecular flexibility index (Phi) is 5.53. The van der Waals surface area contributed by atoms with Crippen molar-refractivity contribution in [1.82, 2.24) is 20.4 Å². The first-order chi connectivity index (χ1) is 13.2. The fourth-order valence-corrected chi connectivity index (χ4v) is 4.40. The average Bonchev–Trinajstić information content (AvgIpc) is 3.39. The smallest absolute Gasteiger partial charge is 0.272 e. The molecule has 144 valence electrons. The number of aromatic nitrogens is 2. The van der Waals surface area contributed by atoms with E-state index in [1.807, 2.05) is 16.9 Å². The number of amides is 1. The highest BCUT2D eigenvalue weighted by atomic mass is 19.1. The fraction of sp³-hybridized carbons (Fsp3) is 0.524. The van der Waals surface area contributed by atoms with Crippen molar-refractivity contribution in [2.24, 2.45) is 5.92 Å². The minimum atomic E-state index is -0.303. The van der Waals surface area contributed by atoms with Crippen molar-refractivity contribution in [2.75, 3.05) is 13.1 Å². The number of hydrogen-bond acceptors (Lipinski definition) is 3. The van der Waals surface area contributed by atoms with Crippen LogP contribution >= 0.6 is 0 Å². The van der Waals surface area contributed by atoms with E-state index in [4.69, 9.17) is 0 Å². The number of benzene rings is 1. The molecule has 0 spiro atoms. The molecule has 0 bridgehead atoms. The van der Waals surface area contributed by atoms with Gasteiger partial charge in [0.2, 0.25) is 0 Å². The van der Waals surface area contributed by atoms with Gasteiger partial charge in [-0.3, -0.25) is 9.48 Å². The molecule has 1 aliphatic heterocycles. The molecular formula is C21H27FN4O. The summed E-state index contributed by atoms with van der Waals surface area (Å²) in [5.74, 6) is -0.207. The molecule has 0 radical (unpaired) electrons. The maximum Gasteiger partial charge on any atom is 0.272 e. The normalized spacial score (nSPS) is 21.9. The van der Waals surface area contributed by atoms with Crippen molar-refractivity contribution < 1.29 is 9.18 Å². The molecule has 2 unspecified atom stereocenters. The molecule has 1 saturated heterocycles. The van der Waals surface area contributed by atoms with Crippen molar-refractivity contribution in [1.29, 1.82) is 0 Å². The zero-order valence-corrected chi connectivity index (χ0v) is 15.5. The molecule has 2 fully saturated rings. The lowest BCUT2D eigenvalue weighted by atomic mass is 9.91. The number of halogens is 1. The fourth-order valence-electron chi connectivity index (χ4n) is 4.40. The first-order valence-corrected chi connectivity index (χ1v) is 10.0. The number of nitrogens with zero attached hydrogens (tertiary/aromatic N) is 2. The van der Waals surface area contributed by atoms with E-state index in [0.29, 0.717) is 11.3 Å². The minimum Gasteiger partial charge on any atom is -0.343 e. The van der Waals surface area contributed by atoms with Crippen LogP contribution in [0, 0.1) is 11.7 Å². The predicted molar refractivity (Wildman–Crippen MR) is 102 cm³/mol. The Morgan fingerprint density at radius 3 is 2.74 bits per heavy atom. The largest absolute Gasteiger partial charge is 0.343 e. The second-order valence-corrected chi connectivity index (χ2v) is 7.70. The van der Waals surface area contributed by atoms with Crippen LogP contribution in [0.2, 0.25) is 0 Å². The van der Waals surface area contributed by atoms with Crippen LogP contribution in [0.25, 0.3) is 0 Å². The summed E-state index contributed by atoms with van der Waals surface area (Å²) >= 11 is 0. The van der Waals surface area contributed by atoms with Gasteiger partial charge < -0.3 is 10.6 Å². The van der Waals surface area contributed by atoms with E-state index < -0.39 is 0 Å². The third-order valence-electron chi connectivity index (χ3n) is 5.88. The summed E-state index contributed by atoms with van der Waals surface area (Å²) in [7, 11) is 0. The lowest BCUT2D eigenvalue weighted by Gasteiger charge is -2.25. The molecule has 1 aliphatic carbocycles. The van der Waals surface area contributed by atoms with Gasteiger partial charge in [-0.1, -0.05) is 31.0 Å². The van der Waals surface area contributed by atoms with Crippen molar-refractivity contribution in [3.8, 4) is 0 Å². The quantitative estimate of drug-likeness (QED) is 0.845. The standard InChI is InChI=1S/C21H27FN4O/c22-18-10-4-3-9-17(18)20(15-6-1-2-7-15)24-21(27)19-11-13-26(25-19)16-8-5-12-23-14-16/h3-4,9-11,13,15-16,20,23H,1-2,5-8,12,14H2,(H,24,27). The molecule has 1 aromatic carbocycles. The Morgan fingerprint density at radius 1 is 1.19 bits per heavy atom.